The largest absolute Gasteiger partial charge is 0.496 e. The van der Waals surface area contributed by atoms with Gasteiger partial charge in [-0.15, -0.1) is 0 Å². The topological polar surface area (TPSA) is 18.0 Å². The Morgan fingerprint density at radius 1 is 0.838 bits per heavy atom. The normalized spacial score (nSPS) is 12.8. The molecule has 0 unspecified atom stereocenters. The molecule has 0 radical (unpaired) electrons. The lowest BCUT2D eigenvalue weighted by Crippen LogP contribution is -2.51. The molecule has 0 aliphatic carbocycles. The van der Waals surface area contributed by atoms with Crippen LogP contribution < -0.4 is 9.30 Å². The van der Waals surface area contributed by atoms with Gasteiger partial charge >= 0.3 is 18.0 Å². The summed E-state index contributed by atoms with van der Waals surface area (Å²) < 4.78 is 112. The maximum atomic E-state index is 13.6. The Bertz CT molecular complexity index is 972. The Balaban J connectivity index is 1.59. The molecule has 0 aliphatic rings. The lowest BCUT2D eigenvalue weighted by Gasteiger charge is -2.28. The van der Waals surface area contributed by atoms with E-state index in [-0.39, 0.29) is 18.7 Å². The first kappa shape index (κ1) is 30.9. The van der Waals surface area contributed by atoms with Crippen LogP contribution in [-0.4, -0.2) is 29.7 Å². The molecular weight excluding hydrogens is 508 g/mol. The number of ether oxygens (including phenoxy) is 1. The van der Waals surface area contributed by atoms with Crippen molar-refractivity contribution < 1.29 is 44.4 Å². The number of nitrogens with zero attached hydrogens (tertiary/aromatic N) is 2. The third-order valence-electron chi connectivity index (χ3n) is 6.55. The number of imidazole rings is 1. The molecule has 210 valence electrons. The smallest absolute Gasteiger partial charge is 0.459 e. The highest BCUT2D eigenvalue weighted by molar-refractivity contribution is 5.33. The fourth-order valence-electron chi connectivity index (χ4n) is 4.23. The van der Waals surface area contributed by atoms with Crippen LogP contribution in [0.4, 0.5) is 35.1 Å². The van der Waals surface area contributed by atoms with Crippen LogP contribution in [0.15, 0.2) is 30.6 Å². The lowest BCUT2D eigenvalue weighted by atomic mass is 10.0. The highest BCUT2D eigenvalue weighted by atomic mass is 19.4. The van der Waals surface area contributed by atoms with Gasteiger partial charge in [0.05, 0.1) is 13.7 Å². The fourth-order valence-corrected chi connectivity index (χ4v) is 4.23. The van der Waals surface area contributed by atoms with Crippen LogP contribution in [0, 0.1) is 12.7 Å². The number of aryl methyl sites for hydroxylation is 1. The quantitative estimate of drug-likeness (QED) is 0.119. The van der Waals surface area contributed by atoms with Crippen molar-refractivity contribution in [2.24, 2.45) is 0 Å². The number of hydrogen-bond donors (Lipinski definition) is 0. The highest BCUT2D eigenvalue weighted by Gasteiger charge is 2.72. The first-order valence-corrected chi connectivity index (χ1v) is 12.5. The van der Waals surface area contributed by atoms with Gasteiger partial charge in [-0.3, -0.25) is 0 Å². The molecule has 0 atom stereocenters. The minimum Gasteiger partial charge on any atom is -0.496 e. The van der Waals surface area contributed by atoms with Crippen LogP contribution in [-0.2, 0) is 13.1 Å². The molecule has 3 nitrogen and oxygen atoms in total. The van der Waals surface area contributed by atoms with E-state index in [1.54, 1.807) is 13.2 Å². The highest BCUT2D eigenvalue weighted by Crippen LogP contribution is 2.48. The summed E-state index contributed by atoms with van der Waals surface area (Å²) in [4.78, 5) is 0. The lowest BCUT2D eigenvalue weighted by molar-refractivity contribution is -0.694. The van der Waals surface area contributed by atoms with Crippen molar-refractivity contribution in [3.63, 3.8) is 0 Å². The molecule has 0 bridgehead atoms. The SMILES string of the molecule is COc1ccc(F)cc1C[n+]1ccn(CCCCCCCCCCCC(F)(F)C(F)(F)C(F)(F)F)c1C. The molecule has 1 heterocycles. The van der Waals surface area contributed by atoms with Crippen LogP contribution in [0.3, 0.4) is 0 Å². The number of methoxy groups -OCH3 is 1. The number of benzene rings is 1. The van der Waals surface area contributed by atoms with Gasteiger partial charge in [-0.2, -0.15) is 30.7 Å². The molecule has 1 aromatic heterocycles. The van der Waals surface area contributed by atoms with Crippen LogP contribution >= 0.6 is 0 Å². The molecule has 37 heavy (non-hydrogen) atoms. The molecule has 0 amide bonds. The minimum atomic E-state index is -6.26. The summed E-state index contributed by atoms with van der Waals surface area (Å²) in [6.45, 7) is 3.31. The zero-order valence-corrected chi connectivity index (χ0v) is 21.2. The molecule has 2 rings (SSSR count). The van der Waals surface area contributed by atoms with E-state index in [9.17, 15) is 35.1 Å². The van der Waals surface area contributed by atoms with Gasteiger partial charge in [-0.25, -0.2) is 13.5 Å². The third-order valence-corrected chi connectivity index (χ3v) is 6.55. The predicted octanol–water partition coefficient (Wildman–Crippen LogP) is 8.01. The first-order chi connectivity index (χ1) is 17.3. The van der Waals surface area contributed by atoms with E-state index in [4.69, 9.17) is 4.74 Å². The molecular formula is C26H35F8N2O+. The predicted molar refractivity (Wildman–Crippen MR) is 124 cm³/mol. The molecule has 0 saturated carbocycles. The monoisotopic (exact) mass is 543 g/mol. The van der Waals surface area contributed by atoms with Gasteiger partial charge in [0.2, 0.25) is 0 Å². The maximum absolute atomic E-state index is 13.6. The Labute approximate surface area is 212 Å². The van der Waals surface area contributed by atoms with E-state index in [1.165, 1.54) is 12.1 Å². The van der Waals surface area contributed by atoms with Crippen molar-refractivity contribution in [2.45, 2.75) is 102 Å². The van der Waals surface area contributed by atoms with Gasteiger partial charge in [0, 0.05) is 18.9 Å². The van der Waals surface area contributed by atoms with Crippen LogP contribution in [0.2, 0.25) is 0 Å². The molecule has 0 aliphatic heterocycles. The number of hydrogen-bond acceptors (Lipinski definition) is 1. The van der Waals surface area contributed by atoms with E-state index in [1.807, 2.05) is 23.9 Å². The molecule has 0 saturated heterocycles. The minimum absolute atomic E-state index is 0.192. The summed E-state index contributed by atoms with van der Waals surface area (Å²) >= 11 is 0. The Hall–Kier alpha value is -2.33. The van der Waals surface area contributed by atoms with Crippen molar-refractivity contribution >= 4 is 0 Å². The van der Waals surface area contributed by atoms with Crippen molar-refractivity contribution in [1.29, 1.82) is 0 Å². The van der Waals surface area contributed by atoms with Gasteiger partial charge in [-0.1, -0.05) is 38.5 Å². The molecule has 0 spiro atoms. The fraction of sp³-hybridized carbons (Fsp3) is 0.654. The summed E-state index contributed by atoms with van der Waals surface area (Å²) in [5.74, 6) is -9.75. The molecule has 11 heteroatoms. The zero-order chi connectivity index (χ0) is 27.7. The second-order valence-corrected chi connectivity index (χ2v) is 9.33. The second-order valence-electron chi connectivity index (χ2n) is 9.33. The summed E-state index contributed by atoms with van der Waals surface area (Å²) in [5, 5.41) is 0. The van der Waals surface area contributed by atoms with E-state index >= 15 is 0 Å². The van der Waals surface area contributed by atoms with Crippen molar-refractivity contribution in [2.75, 3.05) is 7.11 Å². The van der Waals surface area contributed by atoms with Crippen LogP contribution in [0.5, 0.6) is 5.75 Å². The van der Waals surface area contributed by atoms with E-state index in [0.717, 1.165) is 56.5 Å². The van der Waals surface area contributed by atoms with Crippen LogP contribution in [0.1, 0.15) is 75.6 Å². The van der Waals surface area contributed by atoms with E-state index in [2.05, 4.69) is 4.57 Å². The van der Waals surface area contributed by atoms with Crippen molar-refractivity contribution in [1.82, 2.24) is 4.57 Å². The Kier molecular flexibility index (Phi) is 11.2. The number of halogens is 8. The van der Waals surface area contributed by atoms with Gasteiger partial charge in [0.25, 0.3) is 5.82 Å². The maximum Gasteiger partial charge on any atom is 0.459 e. The van der Waals surface area contributed by atoms with Gasteiger partial charge in [0.1, 0.15) is 30.5 Å². The average Bonchev–Trinajstić information content (AvgIpc) is 3.15. The molecule has 2 aromatic rings. The van der Waals surface area contributed by atoms with Crippen molar-refractivity contribution in [3.05, 3.63) is 47.8 Å². The Morgan fingerprint density at radius 2 is 1.41 bits per heavy atom. The Morgan fingerprint density at radius 3 is 1.97 bits per heavy atom. The molecule has 0 fully saturated rings. The summed E-state index contributed by atoms with van der Waals surface area (Å²) in [6, 6.07) is 4.43. The first-order valence-electron chi connectivity index (χ1n) is 12.5. The summed E-state index contributed by atoms with van der Waals surface area (Å²) in [7, 11) is 1.55. The molecule has 0 N–H and O–H groups in total. The van der Waals surface area contributed by atoms with E-state index < -0.39 is 24.4 Å². The zero-order valence-electron chi connectivity index (χ0n) is 21.2. The van der Waals surface area contributed by atoms with E-state index in [0.29, 0.717) is 18.7 Å². The average molecular weight is 544 g/mol. The summed E-state index contributed by atoms with van der Waals surface area (Å²) in [6.07, 6.45) is 1.98. The van der Waals surface area contributed by atoms with Crippen LogP contribution in [0.25, 0.3) is 0 Å². The van der Waals surface area contributed by atoms with Crippen molar-refractivity contribution in [3.8, 4) is 5.75 Å². The summed E-state index contributed by atoms with van der Waals surface area (Å²) in [5.41, 5.74) is 0.751. The number of rotatable bonds is 16. The number of alkyl halides is 7. The third kappa shape index (κ3) is 8.60. The number of aromatic nitrogens is 2. The van der Waals surface area contributed by atoms with Gasteiger partial charge in [0.15, 0.2) is 0 Å². The van der Waals surface area contributed by atoms with Gasteiger partial charge < -0.3 is 4.74 Å². The number of unbranched alkanes of at least 4 members (excludes halogenated alkanes) is 8. The standard InChI is InChI=1S/C26H35F8N2O/c1-20-35(16-17-36(20)19-21-18-22(27)12-13-23(21)37-2)15-11-9-7-5-3-4-6-8-10-14-24(28,29)25(30,31)26(32,33)34/h12-13,16-18H,3-11,14-15,19H2,1-2H3/q+1. The second kappa shape index (κ2) is 13.5. The molecule has 1 aromatic carbocycles. The van der Waals surface area contributed by atoms with Gasteiger partial charge in [-0.05, 0) is 37.5 Å².